The maximum Gasteiger partial charge on any atom is 0.254 e. The average Bonchev–Trinajstić information content (AvgIpc) is 3.24. The minimum absolute atomic E-state index is 0.0312. The van der Waals surface area contributed by atoms with Gasteiger partial charge in [-0.3, -0.25) is 9.59 Å². The predicted molar refractivity (Wildman–Crippen MR) is 105 cm³/mol. The van der Waals surface area contributed by atoms with E-state index < -0.39 is 0 Å². The van der Waals surface area contributed by atoms with Crippen molar-refractivity contribution < 1.29 is 19.1 Å². The molecule has 1 aromatic carbocycles. The number of piperazine rings is 1. The van der Waals surface area contributed by atoms with Gasteiger partial charge in [0.1, 0.15) is 11.5 Å². The smallest absolute Gasteiger partial charge is 0.254 e. The molecule has 7 heteroatoms. The Bertz CT molecular complexity index is 802. The molecule has 0 aliphatic carbocycles. The van der Waals surface area contributed by atoms with Crippen LogP contribution in [0, 0.1) is 0 Å². The largest absolute Gasteiger partial charge is 0.497 e. The van der Waals surface area contributed by atoms with E-state index in [9.17, 15) is 9.59 Å². The Balaban J connectivity index is 1.60. The van der Waals surface area contributed by atoms with Crippen LogP contribution < -0.4 is 9.47 Å². The highest BCUT2D eigenvalue weighted by molar-refractivity contribution is 7.08. The number of amides is 2. The summed E-state index contributed by atoms with van der Waals surface area (Å²) in [6, 6.07) is 7.10. The van der Waals surface area contributed by atoms with Crippen LogP contribution in [0.15, 0.2) is 41.1 Å². The molecular weight excluding hydrogens is 364 g/mol. The van der Waals surface area contributed by atoms with E-state index in [1.54, 1.807) is 59.6 Å². The van der Waals surface area contributed by atoms with E-state index in [-0.39, 0.29) is 11.8 Å². The van der Waals surface area contributed by atoms with Crippen molar-refractivity contribution in [3.8, 4) is 11.5 Å². The zero-order chi connectivity index (χ0) is 19.2. The average molecular weight is 386 g/mol. The maximum absolute atomic E-state index is 12.8. The van der Waals surface area contributed by atoms with Gasteiger partial charge in [-0.05, 0) is 40.6 Å². The number of rotatable bonds is 5. The first-order valence-electron chi connectivity index (χ1n) is 8.62. The van der Waals surface area contributed by atoms with Crippen LogP contribution in [-0.2, 0) is 4.79 Å². The summed E-state index contributed by atoms with van der Waals surface area (Å²) in [7, 11) is 3.11. The Morgan fingerprint density at radius 2 is 1.63 bits per heavy atom. The number of thiophene rings is 1. The third-order valence-electron chi connectivity index (χ3n) is 4.44. The van der Waals surface area contributed by atoms with Gasteiger partial charge in [-0.1, -0.05) is 0 Å². The SMILES string of the molecule is COc1cc(OC)cc(C(=O)N2CCN(C(=O)/C=C/c3ccsc3)CC2)c1. The first kappa shape index (κ1) is 19.0. The van der Waals surface area contributed by atoms with Crippen molar-refractivity contribution in [3.05, 3.63) is 52.2 Å². The van der Waals surface area contributed by atoms with E-state index in [4.69, 9.17) is 9.47 Å². The summed E-state index contributed by atoms with van der Waals surface area (Å²) in [5.41, 5.74) is 1.54. The zero-order valence-electron chi connectivity index (χ0n) is 15.4. The molecule has 0 spiro atoms. The molecule has 0 N–H and O–H groups in total. The normalized spacial score (nSPS) is 14.4. The van der Waals surface area contributed by atoms with Crippen molar-refractivity contribution >= 4 is 29.2 Å². The molecule has 6 nitrogen and oxygen atoms in total. The third kappa shape index (κ3) is 4.68. The van der Waals surface area contributed by atoms with Gasteiger partial charge in [-0.2, -0.15) is 11.3 Å². The van der Waals surface area contributed by atoms with Gasteiger partial charge >= 0.3 is 0 Å². The number of carbonyl (C=O) groups is 2. The second-order valence-corrected chi connectivity index (χ2v) is 6.89. The number of hydrogen-bond acceptors (Lipinski definition) is 5. The third-order valence-corrected chi connectivity index (χ3v) is 5.14. The second-order valence-electron chi connectivity index (χ2n) is 6.11. The zero-order valence-corrected chi connectivity index (χ0v) is 16.2. The van der Waals surface area contributed by atoms with Crippen LogP contribution in [0.25, 0.3) is 6.08 Å². The highest BCUT2D eigenvalue weighted by Crippen LogP contribution is 2.23. The lowest BCUT2D eigenvalue weighted by Gasteiger charge is -2.34. The van der Waals surface area contributed by atoms with E-state index in [2.05, 4.69) is 0 Å². The minimum Gasteiger partial charge on any atom is -0.497 e. The van der Waals surface area contributed by atoms with E-state index >= 15 is 0 Å². The molecule has 1 aliphatic rings. The number of methoxy groups -OCH3 is 2. The summed E-state index contributed by atoms with van der Waals surface area (Å²) in [6.07, 6.45) is 3.41. The first-order valence-corrected chi connectivity index (χ1v) is 9.56. The van der Waals surface area contributed by atoms with Crippen molar-refractivity contribution in [2.24, 2.45) is 0 Å². The van der Waals surface area contributed by atoms with Gasteiger partial charge in [-0.15, -0.1) is 0 Å². The molecule has 2 heterocycles. The second kappa shape index (κ2) is 8.73. The van der Waals surface area contributed by atoms with Gasteiger partial charge < -0.3 is 19.3 Å². The highest BCUT2D eigenvalue weighted by Gasteiger charge is 2.24. The summed E-state index contributed by atoms with van der Waals surface area (Å²) >= 11 is 1.60. The molecule has 0 bridgehead atoms. The van der Waals surface area contributed by atoms with Crippen LogP contribution in [0.1, 0.15) is 15.9 Å². The minimum atomic E-state index is -0.0897. The van der Waals surface area contributed by atoms with E-state index in [0.717, 1.165) is 5.56 Å². The number of benzene rings is 1. The Morgan fingerprint density at radius 3 is 2.19 bits per heavy atom. The van der Waals surface area contributed by atoms with E-state index in [0.29, 0.717) is 43.2 Å². The summed E-state index contributed by atoms with van der Waals surface area (Å²) in [4.78, 5) is 28.6. The van der Waals surface area contributed by atoms with Crippen LogP contribution >= 0.6 is 11.3 Å². The quantitative estimate of drug-likeness (QED) is 0.742. The van der Waals surface area contributed by atoms with Gasteiger partial charge in [-0.25, -0.2) is 0 Å². The molecule has 142 valence electrons. The van der Waals surface area contributed by atoms with Crippen LogP contribution in [0.2, 0.25) is 0 Å². The summed E-state index contributed by atoms with van der Waals surface area (Å²) in [6.45, 7) is 2.02. The Labute approximate surface area is 162 Å². The van der Waals surface area contributed by atoms with Crippen LogP contribution in [0.3, 0.4) is 0 Å². The van der Waals surface area contributed by atoms with Crippen LogP contribution in [0.5, 0.6) is 11.5 Å². The van der Waals surface area contributed by atoms with E-state index in [1.165, 1.54) is 0 Å². The van der Waals surface area contributed by atoms with Crippen molar-refractivity contribution in [3.63, 3.8) is 0 Å². The lowest BCUT2D eigenvalue weighted by Crippen LogP contribution is -2.50. The fourth-order valence-corrected chi connectivity index (χ4v) is 3.51. The molecule has 1 aliphatic heterocycles. The molecule has 3 rings (SSSR count). The predicted octanol–water partition coefficient (Wildman–Crippen LogP) is 2.76. The molecule has 1 saturated heterocycles. The van der Waals surface area contributed by atoms with Crippen molar-refractivity contribution in [1.82, 2.24) is 9.80 Å². The van der Waals surface area contributed by atoms with Gasteiger partial charge in [0.05, 0.1) is 14.2 Å². The lowest BCUT2D eigenvalue weighted by atomic mass is 10.1. The monoisotopic (exact) mass is 386 g/mol. The molecule has 1 fully saturated rings. The topological polar surface area (TPSA) is 59.1 Å². The summed E-state index contributed by atoms with van der Waals surface area (Å²) < 4.78 is 10.5. The fourth-order valence-electron chi connectivity index (χ4n) is 2.89. The Hall–Kier alpha value is -2.80. The molecule has 27 heavy (non-hydrogen) atoms. The highest BCUT2D eigenvalue weighted by atomic mass is 32.1. The number of hydrogen-bond donors (Lipinski definition) is 0. The van der Waals surface area contributed by atoms with Crippen LogP contribution in [0.4, 0.5) is 0 Å². The van der Waals surface area contributed by atoms with Gasteiger partial charge in [0.15, 0.2) is 0 Å². The molecule has 0 radical (unpaired) electrons. The molecule has 0 unspecified atom stereocenters. The molecule has 0 atom stereocenters. The summed E-state index contributed by atoms with van der Waals surface area (Å²) in [5, 5.41) is 3.96. The van der Waals surface area contributed by atoms with Crippen molar-refractivity contribution in [2.45, 2.75) is 0 Å². The van der Waals surface area contributed by atoms with Crippen LogP contribution in [-0.4, -0.2) is 62.0 Å². The fraction of sp³-hybridized carbons (Fsp3) is 0.300. The molecule has 2 aromatic rings. The molecule has 0 saturated carbocycles. The standard InChI is InChI=1S/C20H22N2O4S/c1-25-17-11-16(12-18(13-17)26-2)20(24)22-8-6-21(7-9-22)19(23)4-3-15-5-10-27-14-15/h3-5,10-14H,6-9H2,1-2H3/b4-3+. The van der Waals surface area contributed by atoms with Crippen molar-refractivity contribution in [1.29, 1.82) is 0 Å². The Kier molecular flexibility index (Phi) is 6.13. The molecule has 2 amide bonds. The number of ether oxygens (including phenoxy) is 2. The first-order chi connectivity index (χ1) is 13.1. The number of nitrogens with zero attached hydrogens (tertiary/aromatic N) is 2. The van der Waals surface area contributed by atoms with Gasteiger partial charge in [0.25, 0.3) is 5.91 Å². The molecular formula is C20H22N2O4S. The van der Waals surface area contributed by atoms with Gasteiger partial charge in [0, 0.05) is 43.9 Å². The lowest BCUT2D eigenvalue weighted by molar-refractivity contribution is -0.127. The van der Waals surface area contributed by atoms with Gasteiger partial charge in [0.2, 0.25) is 5.91 Å². The van der Waals surface area contributed by atoms with E-state index in [1.807, 2.05) is 22.9 Å². The summed E-state index contributed by atoms with van der Waals surface area (Å²) in [5.74, 6) is 1.03. The Morgan fingerprint density at radius 1 is 1.00 bits per heavy atom. The maximum atomic E-state index is 12.8. The molecule has 1 aromatic heterocycles. The van der Waals surface area contributed by atoms with Crippen molar-refractivity contribution in [2.75, 3.05) is 40.4 Å². The number of carbonyl (C=O) groups excluding carboxylic acids is 2.